The highest BCUT2D eigenvalue weighted by Crippen LogP contribution is 2.25. The van der Waals surface area contributed by atoms with Gasteiger partial charge in [-0.25, -0.2) is 17.2 Å². The molecule has 1 N–H and O–H groups in total. The fourth-order valence-electron chi connectivity index (χ4n) is 4.14. The molecule has 3 aromatic rings. The molecule has 0 spiro atoms. The summed E-state index contributed by atoms with van der Waals surface area (Å²) in [7, 11) is -4.00. The number of halogens is 3. The first-order chi connectivity index (χ1) is 18.4. The number of hydrogen-bond donors (Lipinski definition) is 1. The average molecular weight is 577 g/mol. The number of piperidine rings is 1. The lowest BCUT2D eigenvalue weighted by atomic mass is 10.0. The molecule has 0 bridgehead atoms. The minimum Gasteiger partial charge on any atom is -0.478 e. The zero-order valence-corrected chi connectivity index (χ0v) is 22.8. The topological polar surface area (TPSA) is 92.8 Å². The van der Waals surface area contributed by atoms with Crippen molar-refractivity contribution in [1.29, 1.82) is 0 Å². The number of carbonyl (C=O) groups excluding carboxylic acids is 2. The number of nitrogens with one attached hydrogen (secondary N) is 1. The summed E-state index contributed by atoms with van der Waals surface area (Å²) in [4.78, 5) is 25.5. The number of sulfonamides is 1. The van der Waals surface area contributed by atoms with Crippen molar-refractivity contribution in [3.63, 3.8) is 0 Å². The van der Waals surface area contributed by atoms with E-state index >= 15 is 4.39 Å². The van der Waals surface area contributed by atoms with Crippen LogP contribution in [0.4, 0.5) is 8.78 Å². The monoisotopic (exact) mass is 576 g/mol. The third-order valence-electron chi connectivity index (χ3n) is 6.41. The number of nitrogens with zero attached hydrogens (tertiary/aromatic N) is 1. The van der Waals surface area contributed by atoms with Crippen molar-refractivity contribution in [2.75, 3.05) is 13.1 Å². The van der Waals surface area contributed by atoms with Crippen LogP contribution in [0.2, 0.25) is 5.02 Å². The number of carbonyl (C=O) groups is 2. The van der Waals surface area contributed by atoms with Gasteiger partial charge in [0.05, 0.1) is 10.9 Å². The van der Waals surface area contributed by atoms with Crippen molar-refractivity contribution in [3.8, 4) is 5.75 Å². The van der Waals surface area contributed by atoms with Crippen LogP contribution in [0.3, 0.4) is 0 Å². The molecule has 3 aromatic carbocycles. The number of amides is 1. The Balaban J connectivity index is 1.35. The first-order valence-corrected chi connectivity index (χ1v) is 14.0. The first kappa shape index (κ1) is 28.7. The Morgan fingerprint density at radius 1 is 0.974 bits per heavy atom. The van der Waals surface area contributed by atoms with Gasteiger partial charge in [0, 0.05) is 29.2 Å². The predicted molar refractivity (Wildman–Crippen MR) is 143 cm³/mol. The normalized spacial score (nSPS) is 18.4. The minimum atomic E-state index is -4.00. The van der Waals surface area contributed by atoms with Crippen LogP contribution in [0.5, 0.6) is 5.75 Å². The van der Waals surface area contributed by atoms with Gasteiger partial charge in [0.25, 0.3) is 5.91 Å². The smallest absolute Gasteiger partial charge is 0.263 e. The van der Waals surface area contributed by atoms with Gasteiger partial charge in [0.1, 0.15) is 17.7 Å². The van der Waals surface area contributed by atoms with Crippen LogP contribution in [0.1, 0.15) is 36.2 Å². The highest BCUT2D eigenvalue weighted by molar-refractivity contribution is 7.89. The van der Waals surface area contributed by atoms with E-state index < -0.39 is 46.1 Å². The van der Waals surface area contributed by atoms with Crippen LogP contribution in [0.15, 0.2) is 77.7 Å². The maximum absolute atomic E-state index is 15.0. The van der Waals surface area contributed by atoms with E-state index in [0.717, 1.165) is 28.6 Å². The van der Waals surface area contributed by atoms with E-state index in [1.165, 1.54) is 13.8 Å². The Kier molecular flexibility index (Phi) is 8.39. The third-order valence-corrected chi connectivity index (χ3v) is 8.55. The van der Waals surface area contributed by atoms with Crippen molar-refractivity contribution < 1.29 is 31.5 Å². The molecule has 0 saturated carbocycles. The fourth-order valence-corrected chi connectivity index (χ4v) is 5.73. The maximum Gasteiger partial charge on any atom is 0.263 e. The molecule has 0 radical (unpaired) electrons. The van der Waals surface area contributed by atoms with Gasteiger partial charge in [0.15, 0.2) is 11.4 Å². The zero-order chi connectivity index (χ0) is 28.4. The molecule has 2 atom stereocenters. The fraction of sp³-hybridized carbons (Fsp3) is 0.286. The van der Waals surface area contributed by atoms with E-state index in [1.807, 2.05) is 0 Å². The van der Waals surface area contributed by atoms with E-state index in [-0.39, 0.29) is 23.6 Å². The number of ketones is 1. The molecule has 11 heteroatoms. The number of alkyl halides is 1. The maximum atomic E-state index is 15.0. The molecule has 39 heavy (non-hydrogen) atoms. The molecule has 0 unspecified atom stereocenters. The Labute approximate surface area is 230 Å². The summed E-state index contributed by atoms with van der Waals surface area (Å²) >= 11 is 5.87. The van der Waals surface area contributed by atoms with Gasteiger partial charge in [0.2, 0.25) is 10.0 Å². The van der Waals surface area contributed by atoms with Crippen LogP contribution >= 0.6 is 11.6 Å². The van der Waals surface area contributed by atoms with Crippen molar-refractivity contribution in [3.05, 3.63) is 94.8 Å². The highest BCUT2D eigenvalue weighted by Gasteiger charge is 2.39. The van der Waals surface area contributed by atoms with E-state index in [0.29, 0.717) is 21.9 Å². The van der Waals surface area contributed by atoms with Gasteiger partial charge < -0.3 is 10.1 Å². The third kappa shape index (κ3) is 6.63. The van der Waals surface area contributed by atoms with Gasteiger partial charge >= 0.3 is 0 Å². The van der Waals surface area contributed by atoms with Crippen LogP contribution in [-0.4, -0.2) is 55.3 Å². The zero-order valence-electron chi connectivity index (χ0n) is 21.2. The number of benzene rings is 3. The Hall–Kier alpha value is -3.34. The molecular weight excluding hydrogens is 550 g/mol. The van der Waals surface area contributed by atoms with Gasteiger partial charge in [-0.1, -0.05) is 11.6 Å². The standard InChI is InChI=1S/C28H27ClF2N2O5S/c1-28(2,38-22-11-5-19(6-12-22)26(34)18-3-7-20(29)8-4-18)27(35)32-25-15-16-33(17-24(25)31)39(36,37)23-13-9-21(30)10-14-23/h3-14,24-25H,15-17H2,1-2H3,(H,32,35)/t24-,25-/m1/s1. The SMILES string of the molecule is CC(C)(Oc1ccc(C(=O)c2ccc(Cl)cc2)cc1)C(=O)N[C@@H]1CCN(S(=O)(=O)c2ccc(F)cc2)C[C@H]1F. The summed E-state index contributed by atoms with van der Waals surface area (Å²) in [6.07, 6.45) is -1.61. The second-order valence-corrected chi connectivity index (χ2v) is 12.0. The number of ether oxygens (including phenoxy) is 1. The van der Waals surface area contributed by atoms with Crippen molar-refractivity contribution >= 4 is 33.3 Å². The van der Waals surface area contributed by atoms with E-state index in [2.05, 4.69) is 5.32 Å². The van der Waals surface area contributed by atoms with Crippen LogP contribution in [0, 0.1) is 5.82 Å². The van der Waals surface area contributed by atoms with E-state index in [4.69, 9.17) is 16.3 Å². The van der Waals surface area contributed by atoms with Gasteiger partial charge in [-0.15, -0.1) is 0 Å². The molecule has 206 valence electrons. The molecule has 7 nitrogen and oxygen atoms in total. The summed E-state index contributed by atoms with van der Waals surface area (Å²) in [6.45, 7) is 2.58. The molecule has 4 rings (SSSR count). The molecule has 1 amide bonds. The number of hydrogen-bond acceptors (Lipinski definition) is 5. The number of rotatable bonds is 8. The lowest BCUT2D eigenvalue weighted by Gasteiger charge is -2.36. The quantitative estimate of drug-likeness (QED) is 0.390. The second-order valence-electron chi connectivity index (χ2n) is 9.67. The largest absolute Gasteiger partial charge is 0.478 e. The van der Waals surface area contributed by atoms with E-state index in [9.17, 15) is 22.4 Å². The highest BCUT2D eigenvalue weighted by atomic mass is 35.5. The Bertz CT molecular complexity index is 1450. The molecule has 0 aromatic heterocycles. The molecule has 1 saturated heterocycles. The minimum absolute atomic E-state index is 0.0184. The second kappa shape index (κ2) is 11.4. The van der Waals surface area contributed by atoms with Gasteiger partial charge in [-0.05, 0) is 93.1 Å². The molecule has 0 aliphatic carbocycles. The van der Waals surface area contributed by atoms with Crippen LogP contribution in [0.25, 0.3) is 0 Å². The summed E-state index contributed by atoms with van der Waals surface area (Å²) in [5, 5.41) is 3.15. The Morgan fingerprint density at radius 2 is 1.54 bits per heavy atom. The molecule has 1 aliphatic heterocycles. The summed E-state index contributed by atoms with van der Waals surface area (Å²) in [5.41, 5.74) is -0.488. The predicted octanol–water partition coefficient (Wildman–Crippen LogP) is 4.79. The summed E-state index contributed by atoms with van der Waals surface area (Å²) in [6, 6.07) is 16.2. The lowest BCUT2D eigenvalue weighted by molar-refractivity contribution is -0.135. The van der Waals surface area contributed by atoms with Crippen LogP contribution < -0.4 is 10.1 Å². The van der Waals surface area contributed by atoms with Gasteiger partial charge in [-0.2, -0.15) is 4.31 Å². The first-order valence-electron chi connectivity index (χ1n) is 12.2. The van der Waals surface area contributed by atoms with Crippen LogP contribution in [-0.2, 0) is 14.8 Å². The molecular formula is C28H27ClF2N2O5S. The van der Waals surface area contributed by atoms with Crippen molar-refractivity contribution in [2.24, 2.45) is 0 Å². The molecule has 1 aliphatic rings. The van der Waals surface area contributed by atoms with Gasteiger partial charge in [-0.3, -0.25) is 9.59 Å². The van der Waals surface area contributed by atoms with Crippen molar-refractivity contribution in [1.82, 2.24) is 9.62 Å². The lowest BCUT2D eigenvalue weighted by Crippen LogP contribution is -2.57. The molecule has 1 fully saturated rings. The van der Waals surface area contributed by atoms with Crippen molar-refractivity contribution in [2.45, 2.75) is 43.0 Å². The Morgan fingerprint density at radius 3 is 2.10 bits per heavy atom. The molecule has 1 heterocycles. The average Bonchev–Trinajstić information content (AvgIpc) is 2.90. The van der Waals surface area contributed by atoms with E-state index in [1.54, 1.807) is 48.5 Å². The summed E-state index contributed by atoms with van der Waals surface area (Å²) < 4.78 is 60.6. The summed E-state index contributed by atoms with van der Waals surface area (Å²) in [5.74, 6) is -1.02.